The Hall–Kier alpha value is -4.22. The number of furan rings is 1. The van der Waals surface area contributed by atoms with Crippen LogP contribution in [0.1, 0.15) is 28.6 Å². The summed E-state index contributed by atoms with van der Waals surface area (Å²) in [6, 6.07) is 9.67. The number of aliphatic imine (C=N–C) groups is 1. The summed E-state index contributed by atoms with van der Waals surface area (Å²) in [5.41, 5.74) is 1.20. The third kappa shape index (κ3) is 4.53. The van der Waals surface area contributed by atoms with Crippen LogP contribution in [0.15, 0.2) is 75.1 Å². The van der Waals surface area contributed by atoms with Crippen molar-refractivity contribution >= 4 is 57.4 Å². The van der Waals surface area contributed by atoms with E-state index in [2.05, 4.69) is 15.1 Å². The van der Waals surface area contributed by atoms with Crippen LogP contribution in [0, 0.1) is 5.41 Å². The van der Waals surface area contributed by atoms with Crippen LogP contribution in [0.4, 0.5) is 0 Å². The Bertz CT molecular complexity index is 1470. The number of carbonyl (C=O) groups is 2. The minimum atomic E-state index is -0.742. The van der Waals surface area contributed by atoms with Crippen LogP contribution in [-0.2, 0) is 4.79 Å². The maximum Gasteiger partial charge on any atom is 0.379 e. The highest BCUT2D eigenvalue weighted by atomic mass is 35.5. The number of hydrazone groups is 1. The van der Waals surface area contributed by atoms with Crippen molar-refractivity contribution in [1.29, 1.82) is 5.41 Å². The molecule has 0 saturated heterocycles. The summed E-state index contributed by atoms with van der Waals surface area (Å²) in [4.78, 5) is 33.3. The van der Waals surface area contributed by atoms with E-state index in [1.54, 1.807) is 37.5 Å². The first kappa shape index (κ1) is 23.5. The molecule has 1 amide bonds. The first-order chi connectivity index (χ1) is 17.4. The van der Waals surface area contributed by atoms with Gasteiger partial charge in [-0.1, -0.05) is 11.6 Å². The maximum atomic E-state index is 12.8. The lowest BCUT2D eigenvalue weighted by Crippen LogP contribution is -2.35. The monoisotopic (exact) mass is 521 g/mol. The normalized spacial score (nSPS) is 16.1. The fourth-order valence-electron chi connectivity index (χ4n) is 3.34. The third-order valence-electron chi connectivity index (χ3n) is 4.92. The minimum Gasteiger partial charge on any atom is -0.490 e. The number of amidine groups is 2. The summed E-state index contributed by atoms with van der Waals surface area (Å²) in [7, 11) is 0. The van der Waals surface area contributed by atoms with Crippen molar-refractivity contribution in [2.45, 2.75) is 6.92 Å². The number of carbonyl (C=O) groups excluding carboxylic acids is 2. The highest BCUT2D eigenvalue weighted by Crippen LogP contribution is 2.38. The molecule has 0 aliphatic carbocycles. The first-order valence-electron chi connectivity index (χ1n) is 10.6. The van der Waals surface area contributed by atoms with Crippen molar-refractivity contribution in [1.82, 2.24) is 9.99 Å². The van der Waals surface area contributed by atoms with E-state index >= 15 is 0 Å². The molecule has 180 valence electrons. The number of hydrogen-bond acceptors (Lipinski definition) is 9. The van der Waals surface area contributed by atoms with Gasteiger partial charge in [0.15, 0.2) is 17.3 Å². The highest BCUT2D eigenvalue weighted by molar-refractivity contribution is 8.27. The maximum absolute atomic E-state index is 12.8. The van der Waals surface area contributed by atoms with Gasteiger partial charge < -0.3 is 13.9 Å². The standard InChI is InChI=1S/C24H16ClN5O5S/c1-2-33-18-11-13(10-16(25)19(18)35-23(32)17-6-4-8-34-17)9-15-20(26)30-24(28-21(15)31)36-22(29-30)14-5-3-7-27-12-14/h3-12,26H,2H2,1H3. The molecule has 0 fully saturated rings. The van der Waals surface area contributed by atoms with E-state index in [0.717, 1.165) is 5.56 Å². The van der Waals surface area contributed by atoms with E-state index in [-0.39, 0.29) is 45.5 Å². The van der Waals surface area contributed by atoms with Crippen LogP contribution in [0.2, 0.25) is 5.02 Å². The van der Waals surface area contributed by atoms with Crippen LogP contribution in [0.25, 0.3) is 6.08 Å². The minimum absolute atomic E-state index is 0.00400. The predicted octanol–water partition coefficient (Wildman–Crippen LogP) is 4.61. The Morgan fingerprint density at radius 3 is 2.89 bits per heavy atom. The molecule has 0 bridgehead atoms. The Morgan fingerprint density at radius 2 is 2.17 bits per heavy atom. The van der Waals surface area contributed by atoms with Crippen molar-refractivity contribution < 1.29 is 23.5 Å². The van der Waals surface area contributed by atoms with Crippen molar-refractivity contribution in [3.05, 3.63) is 82.5 Å². The zero-order valence-electron chi connectivity index (χ0n) is 18.6. The largest absolute Gasteiger partial charge is 0.490 e. The van der Waals surface area contributed by atoms with Crippen molar-refractivity contribution in [2.75, 3.05) is 6.61 Å². The number of nitrogens with zero attached hydrogens (tertiary/aromatic N) is 4. The molecular formula is C24H16ClN5O5S. The molecule has 1 aromatic carbocycles. The quantitative estimate of drug-likeness (QED) is 0.282. The molecule has 4 heterocycles. The number of halogens is 1. The summed E-state index contributed by atoms with van der Waals surface area (Å²) >= 11 is 7.60. The number of benzene rings is 1. The number of esters is 1. The van der Waals surface area contributed by atoms with Gasteiger partial charge in [-0.15, -0.1) is 0 Å². The van der Waals surface area contributed by atoms with E-state index in [9.17, 15) is 9.59 Å². The second-order valence-corrected chi connectivity index (χ2v) is 8.66. The molecular weight excluding hydrogens is 506 g/mol. The molecule has 0 unspecified atom stereocenters. The van der Waals surface area contributed by atoms with Crippen LogP contribution in [-0.4, -0.2) is 44.5 Å². The lowest BCUT2D eigenvalue weighted by atomic mass is 10.1. The van der Waals surface area contributed by atoms with Gasteiger partial charge in [-0.3, -0.25) is 15.2 Å². The molecule has 36 heavy (non-hydrogen) atoms. The van der Waals surface area contributed by atoms with Crippen LogP contribution >= 0.6 is 23.4 Å². The summed E-state index contributed by atoms with van der Waals surface area (Å²) in [6.45, 7) is 2.03. The third-order valence-corrected chi connectivity index (χ3v) is 6.16. The molecule has 0 radical (unpaired) electrons. The fraction of sp³-hybridized carbons (Fsp3) is 0.0833. The Balaban J connectivity index is 1.46. The van der Waals surface area contributed by atoms with Gasteiger partial charge in [0.2, 0.25) is 10.9 Å². The lowest BCUT2D eigenvalue weighted by molar-refractivity contribution is -0.114. The number of pyridine rings is 1. The average Bonchev–Trinajstić information content (AvgIpc) is 3.55. The number of amides is 1. The second-order valence-electron chi connectivity index (χ2n) is 7.30. The van der Waals surface area contributed by atoms with Gasteiger partial charge in [0.05, 0.1) is 23.5 Å². The number of rotatable bonds is 6. The van der Waals surface area contributed by atoms with Crippen molar-refractivity contribution in [3.8, 4) is 11.5 Å². The van der Waals surface area contributed by atoms with Gasteiger partial charge in [-0.25, -0.2) is 4.79 Å². The number of thioether (sulfide) groups is 1. The Morgan fingerprint density at radius 1 is 1.31 bits per heavy atom. The van der Waals surface area contributed by atoms with E-state index in [1.807, 2.05) is 6.07 Å². The summed E-state index contributed by atoms with van der Waals surface area (Å²) < 4.78 is 16.1. The van der Waals surface area contributed by atoms with Crippen LogP contribution in [0.3, 0.4) is 0 Å². The molecule has 0 atom stereocenters. The first-order valence-corrected chi connectivity index (χ1v) is 11.8. The molecule has 10 nitrogen and oxygen atoms in total. The van der Waals surface area contributed by atoms with Crippen LogP contribution < -0.4 is 9.47 Å². The van der Waals surface area contributed by atoms with Gasteiger partial charge in [0, 0.05) is 18.0 Å². The van der Waals surface area contributed by atoms with Gasteiger partial charge >= 0.3 is 5.97 Å². The van der Waals surface area contributed by atoms with E-state index in [4.69, 9.17) is 30.9 Å². The Labute approximate surface area is 213 Å². The molecule has 0 saturated carbocycles. The second kappa shape index (κ2) is 9.80. The zero-order valence-corrected chi connectivity index (χ0v) is 20.2. The van der Waals surface area contributed by atoms with Crippen LogP contribution in [0.5, 0.6) is 11.5 Å². The zero-order chi connectivity index (χ0) is 25.2. The molecule has 2 aliphatic heterocycles. The number of nitrogens with one attached hydrogen (secondary N) is 1. The SMILES string of the molecule is CCOc1cc(C=C2C(=N)N3N=C(c4cccnc4)SC3=NC2=O)cc(Cl)c1OC(=O)c1ccco1. The van der Waals surface area contributed by atoms with E-state index < -0.39 is 11.9 Å². The van der Waals surface area contributed by atoms with Gasteiger partial charge in [-0.05, 0) is 66.7 Å². The topological polar surface area (TPSA) is 130 Å². The van der Waals surface area contributed by atoms with Gasteiger partial charge in [0.25, 0.3) is 5.91 Å². The number of fused-ring (bicyclic) bond motifs is 1. The lowest BCUT2D eigenvalue weighted by Gasteiger charge is -2.20. The molecule has 0 spiro atoms. The number of hydrogen-bond donors (Lipinski definition) is 1. The molecule has 12 heteroatoms. The summed E-state index contributed by atoms with van der Waals surface area (Å²) in [6.07, 6.45) is 6.10. The smallest absolute Gasteiger partial charge is 0.379 e. The fourth-order valence-corrected chi connectivity index (χ4v) is 4.47. The van der Waals surface area contributed by atoms with Crippen molar-refractivity contribution in [2.24, 2.45) is 10.1 Å². The summed E-state index contributed by atoms with van der Waals surface area (Å²) in [5, 5.41) is 15.2. The molecule has 3 aromatic rings. The van der Waals surface area contributed by atoms with Crippen molar-refractivity contribution in [3.63, 3.8) is 0 Å². The van der Waals surface area contributed by atoms with Gasteiger partial charge in [-0.2, -0.15) is 15.1 Å². The molecule has 1 N–H and O–H groups in total. The highest BCUT2D eigenvalue weighted by Gasteiger charge is 2.36. The number of ether oxygens (including phenoxy) is 2. The molecule has 5 rings (SSSR count). The van der Waals surface area contributed by atoms with E-state index in [1.165, 1.54) is 41.2 Å². The molecule has 2 aromatic heterocycles. The average molecular weight is 522 g/mol. The summed E-state index contributed by atoms with van der Waals surface area (Å²) in [5.74, 6) is -1.28. The Kier molecular flexibility index (Phi) is 6.40. The molecule has 2 aliphatic rings. The van der Waals surface area contributed by atoms with Gasteiger partial charge in [0.1, 0.15) is 5.04 Å². The number of aromatic nitrogens is 1. The predicted molar refractivity (Wildman–Crippen MR) is 135 cm³/mol. The van der Waals surface area contributed by atoms with E-state index in [0.29, 0.717) is 10.6 Å².